The molecule has 0 aliphatic carbocycles. The van der Waals surface area contributed by atoms with Crippen LogP contribution >= 0.6 is 0 Å². The van der Waals surface area contributed by atoms with Gasteiger partial charge in [-0.1, -0.05) is 13.3 Å². The lowest BCUT2D eigenvalue weighted by Gasteiger charge is -2.27. The number of halogens is 3. The molecule has 1 heterocycles. The number of nitrogens with zero attached hydrogens (tertiary/aromatic N) is 1. The standard InChI is InChI=1S/C20H28F3NO3/c1-5-6-17(26-16-9-7-15(8-10-16)20(21,22)23)14-11-12-24(13-14)18(25)27-19(2,3)4/h7-10,14,17H,5-6,11-13H2,1-4H3/t14-,17+/m0/s1. The maximum absolute atomic E-state index is 12.7. The van der Waals surface area contributed by atoms with Gasteiger partial charge in [0.25, 0.3) is 0 Å². The minimum Gasteiger partial charge on any atom is -0.490 e. The summed E-state index contributed by atoms with van der Waals surface area (Å²) in [5.41, 5.74) is -1.24. The Morgan fingerprint density at radius 2 is 1.85 bits per heavy atom. The number of alkyl halides is 3. The number of likely N-dealkylation sites (tertiary alicyclic amines) is 1. The van der Waals surface area contributed by atoms with E-state index < -0.39 is 17.3 Å². The second kappa shape index (κ2) is 8.40. The molecule has 0 bridgehead atoms. The van der Waals surface area contributed by atoms with Gasteiger partial charge in [0.15, 0.2) is 0 Å². The van der Waals surface area contributed by atoms with Crippen LogP contribution in [-0.4, -0.2) is 35.8 Å². The molecule has 1 aromatic rings. The first kappa shape index (κ1) is 21.4. The molecule has 1 saturated heterocycles. The zero-order valence-corrected chi connectivity index (χ0v) is 16.3. The highest BCUT2D eigenvalue weighted by Crippen LogP contribution is 2.32. The van der Waals surface area contributed by atoms with Crippen molar-refractivity contribution >= 4 is 6.09 Å². The lowest BCUT2D eigenvalue weighted by molar-refractivity contribution is -0.137. The Kier molecular flexibility index (Phi) is 6.65. The molecule has 152 valence electrons. The second-order valence-corrected chi connectivity index (χ2v) is 7.94. The molecule has 7 heteroatoms. The van der Waals surface area contributed by atoms with Crippen LogP contribution < -0.4 is 4.74 Å². The number of hydrogen-bond acceptors (Lipinski definition) is 3. The highest BCUT2D eigenvalue weighted by molar-refractivity contribution is 5.68. The summed E-state index contributed by atoms with van der Waals surface area (Å²) in [7, 11) is 0. The van der Waals surface area contributed by atoms with Crippen LogP contribution in [0.1, 0.15) is 52.5 Å². The number of rotatable bonds is 5. The average Bonchev–Trinajstić information content (AvgIpc) is 3.02. The molecule has 4 nitrogen and oxygen atoms in total. The molecular weight excluding hydrogens is 359 g/mol. The van der Waals surface area contributed by atoms with Crippen LogP contribution in [0.3, 0.4) is 0 Å². The van der Waals surface area contributed by atoms with Gasteiger partial charge in [-0.05, 0) is 57.9 Å². The van der Waals surface area contributed by atoms with Gasteiger partial charge in [0, 0.05) is 19.0 Å². The SMILES string of the molecule is CCC[C@@H](Oc1ccc(C(F)(F)F)cc1)[C@H]1CCN(C(=O)OC(C)(C)C)C1. The number of carbonyl (C=O) groups is 1. The highest BCUT2D eigenvalue weighted by atomic mass is 19.4. The van der Waals surface area contributed by atoms with Gasteiger partial charge in [-0.15, -0.1) is 0 Å². The second-order valence-electron chi connectivity index (χ2n) is 7.94. The molecule has 2 rings (SSSR count). The van der Waals surface area contributed by atoms with Crippen LogP contribution in [0.2, 0.25) is 0 Å². The predicted octanol–water partition coefficient (Wildman–Crippen LogP) is 5.51. The van der Waals surface area contributed by atoms with Crippen molar-refractivity contribution in [2.24, 2.45) is 5.92 Å². The molecule has 0 saturated carbocycles. The van der Waals surface area contributed by atoms with Gasteiger partial charge in [0.2, 0.25) is 0 Å². The van der Waals surface area contributed by atoms with Crippen molar-refractivity contribution in [3.63, 3.8) is 0 Å². The molecular formula is C20H28F3NO3. The lowest BCUT2D eigenvalue weighted by Crippen LogP contribution is -2.37. The normalized spacial score (nSPS) is 19.1. The summed E-state index contributed by atoms with van der Waals surface area (Å²) in [5.74, 6) is 0.539. The Balaban J connectivity index is 2.00. The van der Waals surface area contributed by atoms with Crippen molar-refractivity contribution in [3.8, 4) is 5.75 Å². The van der Waals surface area contributed by atoms with Crippen molar-refractivity contribution in [2.75, 3.05) is 13.1 Å². The van der Waals surface area contributed by atoms with E-state index in [1.165, 1.54) is 12.1 Å². The first-order valence-electron chi connectivity index (χ1n) is 9.31. The van der Waals surface area contributed by atoms with E-state index in [2.05, 4.69) is 0 Å². The van der Waals surface area contributed by atoms with Gasteiger partial charge >= 0.3 is 12.3 Å². The summed E-state index contributed by atoms with van der Waals surface area (Å²) < 4.78 is 49.5. The first-order valence-corrected chi connectivity index (χ1v) is 9.31. The Labute approximate surface area is 158 Å². The van der Waals surface area contributed by atoms with E-state index in [1.807, 2.05) is 27.7 Å². The maximum Gasteiger partial charge on any atom is 0.416 e. The fourth-order valence-corrected chi connectivity index (χ4v) is 3.16. The predicted molar refractivity (Wildman–Crippen MR) is 96.7 cm³/mol. The van der Waals surface area contributed by atoms with E-state index in [0.717, 1.165) is 31.4 Å². The van der Waals surface area contributed by atoms with Crippen molar-refractivity contribution < 1.29 is 27.4 Å². The summed E-state index contributed by atoms with van der Waals surface area (Å²) >= 11 is 0. The number of benzene rings is 1. The van der Waals surface area contributed by atoms with Crippen LogP contribution in [0.25, 0.3) is 0 Å². The van der Waals surface area contributed by atoms with Crippen molar-refractivity contribution in [3.05, 3.63) is 29.8 Å². The number of ether oxygens (including phenoxy) is 2. The zero-order valence-electron chi connectivity index (χ0n) is 16.3. The van der Waals surface area contributed by atoms with E-state index in [-0.39, 0.29) is 18.1 Å². The Morgan fingerprint density at radius 3 is 2.37 bits per heavy atom. The molecule has 1 fully saturated rings. The molecule has 0 spiro atoms. The van der Waals surface area contributed by atoms with Crippen LogP contribution in [0, 0.1) is 5.92 Å². The van der Waals surface area contributed by atoms with Gasteiger partial charge in [-0.25, -0.2) is 4.79 Å². The zero-order chi connectivity index (χ0) is 20.2. The molecule has 1 aromatic carbocycles. The Morgan fingerprint density at radius 1 is 1.22 bits per heavy atom. The Hall–Kier alpha value is -1.92. The van der Waals surface area contributed by atoms with E-state index in [0.29, 0.717) is 18.8 Å². The Bertz CT molecular complexity index is 623. The maximum atomic E-state index is 12.7. The van der Waals surface area contributed by atoms with E-state index in [1.54, 1.807) is 4.90 Å². The smallest absolute Gasteiger partial charge is 0.416 e. The third-order valence-electron chi connectivity index (χ3n) is 4.44. The quantitative estimate of drug-likeness (QED) is 0.669. The number of hydrogen-bond donors (Lipinski definition) is 0. The molecule has 0 N–H and O–H groups in total. The summed E-state index contributed by atoms with van der Waals surface area (Å²) in [6, 6.07) is 4.76. The lowest BCUT2D eigenvalue weighted by atomic mass is 9.97. The molecule has 0 radical (unpaired) electrons. The van der Waals surface area contributed by atoms with Crippen molar-refractivity contribution in [2.45, 2.75) is 64.8 Å². The molecule has 1 aliphatic rings. The van der Waals surface area contributed by atoms with Crippen molar-refractivity contribution in [1.82, 2.24) is 4.90 Å². The fraction of sp³-hybridized carbons (Fsp3) is 0.650. The van der Waals surface area contributed by atoms with Crippen LogP contribution in [0.15, 0.2) is 24.3 Å². The van der Waals surface area contributed by atoms with E-state index in [9.17, 15) is 18.0 Å². The minimum absolute atomic E-state index is 0.125. The van der Waals surface area contributed by atoms with E-state index in [4.69, 9.17) is 9.47 Å². The molecule has 1 amide bonds. The molecule has 0 aromatic heterocycles. The van der Waals surface area contributed by atoms with Crippen molar-refractivity contribution in [1.29, 1.82) is 0 Å². The van der Waals surface area contributed by atoms with Gasteiger partial charge in [0.1, 0.15) is 17.5 Å². The van der Waals surface area contributed by atoms with E-state index >= 15 is 0 Å². The topological polar surface area (TPSA) is 38.8 Å². The van der Waals surface area contributed by atoms with Crippen LogP contribution in [0.5, 0.6) is 5.75 Å². The van der Waals surface area contributed by atoms with Crippen LogP contribution in [0.4, 0.5) is 18.0 Å². The van der Waals surface area contributed by atoms with Crippen LogP contribution in [-0.2, 0) is 10.9 Å². The molecule has 0 unspecified atom stereocenters. The third kappa shape index (κ3) is 6.33. The average molecular weight is 387 g/mol. The molecule has 27 heavy (non-hydrogen) atoms. The number of carbonyl (C=O) groups excluding carboxylic acids is 1. The molecule has 1 aliphatic heterocycles. The van der Waals surface area contributed by atoms with Gasteiger partial charge < -0.3 is 14.4 Å². The number of amides is 1. The minimum atomic E-state index is -4.36. The van der Waals surface area contributed by atoms with Gasteiger partial charge in [-0.3, -0.25) is 0 Å². The summed E-state index contributed by atoms with van der Waals surface area (Å²) in [6.45, 7) is 8.63. The molecule has 2 atom stereocenters. The highest BCUT2D eigenvalue weighted by Gasteiger charge is 2.35. The summed E-state index contributed by atoms with van der Waals surface area (Å²) in [4.78, 5) is 13.9. The summed E-state index contributed by atoms with van der Waals surface area (Å²) in [5, 5.41) is 0. The van der Waals surface area contributed by atoms with Gasteiger partial charge in [0.05, 0.1) is 5.56 Å². The monoisotopic (exact) mass is 387 g/mol. The van der Waals surface area contributed by atoms with Gasteiger partial charge in [-0.2, -0.15) is 13.2 Å². The third-order valence-corrected chi connectivity index (χ3v) is 4.44. The first-order chi connectivity index (χ1) is 12.5. The summed E-state index contributed by atoms with van der Waals surface area (Å²) in [6.07, 6.45) is -2.41. The fourth-order valence-electron chi connectivity index (χ4n) is 3.16. The largest absolute Gasteiger partial charge is 0.490 e.